The number of aromatic hydroxyl groups is 1. The lowest BCUT2D eigenvalue weighted by Gasteiger charge is -2.12. The zero-order valence-corrected chi connectivity index (χ0v) is 12.8. The molecule has 2 aromatic rings. The normalized spacial score (nSPS) is 12.3. The number of rotatable bonds is 6. The zero-order valence-electron chi connectivity index (χ0n) is 12.8. The Hall–Kier alpha value is -2.30. The largest absolute Gasteiger partial charge is 0.508 e. The molecule has 0 radical (unpaired) electrons. The quantitative estimate of drug-likeness (QED) is 0.651. The van der Waals surface area contributed by atoms with Gasteiger partial charge in [0.15, 0.2) is 5.43 Å². The van der Waals surface area contributed by atoms with Crippen LogP contribution in [-0.4, -0.2) is 17.2 Å². The topological polar surface area (TPSA) is 76.7 Å². The van der Waals surface area contributed by atoms with Gasteiger partial charge in [0, 0.05) is 12.1 Å². The van der Waals surface area contributed by atoms with Gasteiger partial charge in [0.05, 0.1) is 11.5 Å². The molecule has 0 spiro atoms. The fraction of sp³-hybridized carbons (Fsp3) is 0.412. The lowest BCUT2D eigenvalue weighted by Crippen LogP contribution is -2.16. The van der Waals surface area contributed by atoms with Crippen LogP contribution in [0.1, 0.15) is 50.1 Å². The molecule has 0 amide bonds. The molecule has 1 unspecified atom stereocenters. The summed E-state index contributed by atoms with van der Waals surface area (Å²) in [5, 5.41) is 9.75. The molecule has 5 nitrogen and oxygen atoms in total. The van der Waals surface area contributed by atoms with E-state index in [9.17, 15) is 14.7 Å². The summed E-state index contributed by atoms with van der Waals surface area (Å²) in [7, 11) is 0. The molecule has 0 aliphatic heterocycles. The summed E-state index contributed by atoms with van der Waals surface area (Å²) in [4.78, 5) is 24.0. The van der Waals surface area contributed by atoms with Crippen LogP contribution in [0.2, 0.25) is 0 Å². The van der Waals surface area contributed by atoms with Crippen molar-refractivity contribution in [3.8, 4) is 5.75 Å². The molecule has 118 valence electrons. The van der Waals surface area contributed by atoms with Gasteiger partial charge >= 0.3 is 5.97 Å². The number of fused-ring (bicyclic) bond motifs is 1. The van der Waals surface area contributed by atoms with Crippen molar-refractivity contribution in [2.45, 2.75) is 45.6 Å². The van der Waals surface area contributed by atoms with Gasteiger partial charge in [-0.2, -0.15) is 0 Å². The predicted molar refractivity (Wildman–Crippen MR) is 83.2 cm³/mol. The Labute approximate surface area is 128 Å². The number of ether oxygens (including phenoxy) is 1. The molecule has 0 bridgehead atoms. The van der Waals surface area contributed by atoms with Crippen LogP contribution in [-0.2, 0) is 4.74 Å². The Morgan fingerprint density at radius 3 is 2.82 bits per heavy atom. The fourth-order valence-electron chi connectivity index (χ4n) is 2.23. The van der Waals surface area contributed by atoms with E-state index in [0.717, 1.165) is 31.7 Å². The third kappa shape index (κ3) is 3.87. The lowest BCUT2D eigenvalue weighted by molar-refractivity contribution is 0.0284. The Morgan fingerprint density at radius 2 is 2.09 bits per heavy atom. The molecule has 1 aromatic carbocycles. The van der Waals surface area contributed by atoms with E-state index in [1.165, 1.54) is 18.2 Å². The van der Waals surface area contributed by atoms with Crippen LogP contribution < -0.4 is 5.43 Å². The van der Waals surface area contributed by atoms with Gasteiger partial charge in [-0.05, 0) is 31.9 Å². The minimum absolute atomic E-state index is 0.0332. The summed E-state index contributed by atoms with van der Waals surface area (Å²) in [5.41, 5.74) is -0.176. The fourth-order valence-corrected chi connectivity index (χ4v) is 2.23. The number of phenols is 1. The molecule has 1 heterocycles. The molecule has 0 saturated carbocycles. The third-order valence-corrected chi connectivity index (χ3v) is 3.44. The summed E-state index contributed by atoms with van der Waals surface area (Å²) in [6.45, 7) is 3.92. The Balaban J connectivity index is 2.16. The van der Waals surface area contributed by atoms with Crippen LogP contribution in [0.25, 0.3) is 11.0 Å². The van der Waals surface area contributed by atoms with E-state index in [1.807, 2.05) is 6.92 Å². The predicted octanol–water partition coefficient (Wildman–Crippen LogP) is 3.62. The molecule has 1 atom stereocenters. The molecule has 0 saturated heterocycles. The maximum absolute atomic E-state index is 12.1. The molecule has 0 aliphatic rings. The number of hydrogen-bond donors (Lipinski definition) is 1. The Morgan fingerprint density at radius 1 is 1.32 bits per heavy atom. The van der Waals surface area contributed by atoms with E-state index in [1.54, 1.807) is 0 Å². The minimum Gasteiger partial charge on any atom is -0.508 e. The first kappa shape index (κ1) is 16.1. The molecule has 1 aromatic heterocycles. The van der Waals surface area contributed by atoms with Crippen LogP contribution >= 0.6 is 0 Å². The molecule has 1 N–H and O–H groups in total. The van der Waals surface area contributed by atoms with Crippen molar-refractivity contribution in [2.75, 3.05) is 0 Å². The van der Waals surface area contributed by atoms with Gasteiger partial charge in [0.1, 0.15) is 11.3 Å². The average Bonchev–Trinajstić information content (AvgIpc) is 2.46. The smallest absolute Gasteiger partial charge is 0.374 e. The van der Waals surface area contributed by atoms with Crippen molar-refractivity contribution in [3.05, 3.63) is 40.2 Å². The number of carbonyl (C=O) groups is 1. The van der Waals surface area contributed by atoms with Gasteiger partial charge < -0.3 is 14.3 Å². The van der Waals surface area contributed by atoms with Gasteiger partial charge in [0.2, 0.25) is 5.76 Å². The van der Waals surface area contributed by atoms with Crippen LogP contribution in [0.15, 0.2) is 33.5 Å². The Bertz CT molecular complexity index is 717. The SMILES string of the molecule is CCCCCC(C)OC(=O)c1cc(=O)c2ccc(O)cc2o1. The number of unbranched alkanes of at least 4 members (excludes halogenated alkanes) is 2. The van der Waals surface area contributed by atoms with Crippen molar-refractivity contribution in [3.63, 3.8) is 0 Å². The molecular formula is C17H20O5. The first-order valence-corrected chi connectivity index (χ1v) is 7.49. The van der Waals surface area contributed by atoms with Crippen molar-refractivity contribution in [1.29, 1.82) is 0 Å². The number of carbonyl (C=O) groups excluding carboxylic acids is 1. The number of hydrogen-bond acceptors (Lipinski definition) is 5. The van der Waals surface area contributed by atoms with Crippen LogP contribution in [0.5, 0.6) is 5.75 Å². The van der Waals surface area contributed by atoms with Gasteiger partial charge in [-0.3, -0.25) is 4.79 Å². The minimum atomic E-state index is -0.661. The van der Waals surface area contributed by atoms with E-state index in [4.69, 9.17) is 9.15 Å². The standard InChI is InChI=1S/C17H20O5/c1-3-4-5-6-11(2)21-17(20)16-10-14(19)13-8-7-12(18)9-15(13)22-16/h7-11,18H,3-6H2,1-2H3. The van der Waals surface area contributed by atoms with Gasteiger partial charge in [-0.15, -0.1) is 0 Å². The van der Waals surface area contributed by atoms with Crippen LogP contribution in [0.4, 0.5) is 0 Å². The van der Waals surface area contributed by atoms with E-state index in [2.05, 4.69) is 6.92 Å². The second-order valence-electron chi connectivity index (χ2n) is 5.37. The van der Waals surface area contributed by atoms with Gasteiger partial charge in [-0.1, -0.05) is 19.8 Å². The van der Waals surface area contributed by atoms with Crippen molar-refractivity contribution < 1.29 is 19.1 Å². The van der Waals surface area contributed by atoms with Crippen molar-refractivity contribution in [1.82, 2.24) is 0 Å². The van der Waals surface area contributed by atoms with Gasteiger partial charge in [0.25, 0.3) is 0 Å². The highest BCUT2D eigenvalue weighted by atomic mass is 16.6. The van der Waals surface area contributed by atoms with E-state index < -0.39 is 5.97 Å². The molecule has 0 aliphatic carbocycles. The second kappa shape index (κ2) is 7.11. The van der Waals surface area contributed by atoms with Crippen molar-refractivity contribution >= 4 is 16.9 Å². The highest BCUT2D eigenvalue weighted by Crippen LogP contribution is 2.19. The summed E-state index contributed by atoms with van der Waals surface area (Å²) < 4.78 is 10.7. The first-order valence-electron chi connectivity index (χ1n) is 7.49. The summed E-state index contributed by atoms with van der Waals surface area (Å²) in [5.74, 6) is -0.842. The molecular weight excluding hydrogens is 284 g/mol. The maximum Gasteiger partial charge on any atom is 0.374 e. The third-order valence-electron chi connectivity index (χ3n) is 3.44. The molecule has 2 rings (SSSR count). The second-order valence-corrected chi connectivity index (χ2v) is 5.37. The average molecular weight is 304 g/mol. The Kier molecular flexibility index (Phi) is 5.20. The summed E-state index contributed by atoms with van der Waals surface area (Å²) in [6.07, 6.45) is 3.72. The monoisotopic (exact) mass is 304 g/mol. The highest BCUT2D eigenvalue weighted by Gasteiger charge is 2.16. The van der Waals surface area contributed by atoms with Crippen molar-refractivity contribution in [2.24, 2.45) is 0 Å². The summed E-state index contributed by atoms with van der Waals surface area (Å²) in [6, 6.07) is 5.28. The number of esters is 1. The lowest BCUT2D eigenvalue weighted by atomic mass is 10.1. The summed E-state index contributed by atoms with van der Waals surface area (Å²) >= 11 is 0. The van der Waals surface area contributed by atoms with E-state index >= 15 is 0 Å². The number of benzene rings is 1. The number of phenolic OH excluding ortho intramolecular Hbond substituents is 1. The molecule has 22 heavy (non-hydrogen) atoms. The van der Waals surface area contributed by atoms with Crippen LogP contribution in [0, 0.1) is 0 Å². The zero-order chi connectivity index (χ0) is 16.1. The maximum atomic E-state index is 12.1. The first-order chi connectivity index (χ1) is 10.5. The van der Waals surface area contributed by atoms with E-state index in [-0.39, 0.29) is 28.6 Å². The van der Waals surface area contributed by atoms with E-state index in [0.29, 0.717) is 5.39 Å². The van der Waals surface area contributed by atoms with Crippen LogP contribution in [0.3, 0.4) is 0 Å². The highest BCUT2D eigenvalue weighted by molar-refractivity contribution is 5.89. The van der Waals surface area contributed by atoms with Gasteiger partial charge in [-0.25, -0.2) is 4.79 Å². The molecule has 5 heteroatoms. The molecule has 0 fully saturated rings.